The largest absolute Gasteiger partial charge is 0.293 e. The smallest absolute Gasteiger partial charge is 0.173 e. The summed E-state index contributed by atoms with van der Waals surface area (Å²) in [5.74, 6) is 0.216. The summed E-state index contributed by atoms with van der Waals surface area (Å²) in [6.45, 7) is 2.00. The fourth-order valence-electron chi connectivity index (χ4n) is 2.48. The third-order valence-electron chi connectivity index (χ3n) is 3.64. The van der Waals surface area contributed by atoms with Gasteiger partial charge in [0.15, 0.2) is 5.78 Å². The van der Waals surface area contributed by atoms with Crippen LogP contribution in [0, 0.1) is 6.92 Å². The van der Waals surface area contributed by atoms with Crippen LogP contribution in [-0.4, -0.2) is 5.78 Å². The monoisotopic (exact) mass is 314 g/mol. The zero-order chi connectivity index (χ0) is 14.8. The summed E-state index contributed by atoms with van der Waals surface area (Å²) in [7, 11) is 0. The molecule has 3 heteroatoms. The number of aryl methyl sites for hydroxylation is 2. The average Bonchev–Trinajstić information content (AvgIpc) is 2.83. The highest BCUT2D eigenvalue weighted by Gasteiger charge is 2.15. The van der Waals surface area contributed by atoms with E-state index in [1.54, 1.807) is 11.3 Å². The molecule has 1 heterocycles. The molecule has 106 valence electrons. The van der Waals surface area contributed by atoms with Gasteiger partial charge in [0.25, 0.3) is 0 Å². The molecule has 0 bridgehead atoms. The summed E-state index contributed by atoms with van der Waals surface area (Å²) in [5.41, 5.74) is 2.25. The normalized spacial score (nSPS) is 11.0. The van der Waals surface area contributed by atoms with Crippen LogP contribution in [0.1, 0.15) is 27.2 Å². The molecule has 0 saturated carbocycles. The van der Waals surface area contributed by atoms with Gasteiger partial charge in [-0.1, -0.05) is 41.9 Å². The Bertz CT molecular complexity index is 790. The lowest BCUT2D eigenvalue weighted by Crippen LogP contribution is -2.00. The molecular weight excluding hydrogens is 300 g/mol. The van der Waals surface area contributed by atoms with E-state index in [2.05, 4.69) is 12.1 Å². The van der Waals surface area contributed by atoms with Crippen LogP contribution in [0.4, 0.5) is 0 Å². The van der Waals surface area contributed by atoms with E-state index in [4.69, 9.17) is 11.6 Å². The van der Waals surface area contributed by atoms with Crippen molar-refractivity contribution >= 4 is 38.8 Å². The number of benzene rings is 2. The predicted molar refractivity (Wildman–Crippen MR) is 90.7 cm³/mol. The second-order valence-electron chi connectivity index (χ2n) is 5.11. The predicted octanol–water partition coefficient (Wildman–Crippen LogP) is 5.68. The first-order valence-electron chi connectivity index (χ1n) is 6.91. The fraction of sp³-hybridized carbons (Fsp3) is 0.167. The number of Topliss-reactive ketones (excluding diaryl/α,β-unsaturated/α-hetero) is 1. The Kier molecular flexibility index (Phi) is 4.09. The molecule has 1 aromatic heterocycles. The van der Waals surface area contributed by atoms with Crippen molar-refractivity contribution in [2.24, 2.45) is 0 Å². The number of carbonyl (C=O) groups excluding carboxylic acids is 1. The molecule has 0 fully saturated rings. The SMILES string of the molecule is Cc1c(C(=O)CCc2ccccc2)sc2ccc(Cl)cc12. The number of fused-ring (bicyclic) bond motifs is 1. The van der Waals surface area contributed by atoms with Crippen LogP contribution in [0.5, 0.6) is 0 Å². The number of halogens is 1. The van der Waals surface area contributed by atoms with E-state index in [0.717, 1.165) is 26.9 Å². The third-order valence-corrected chi connectivity index (χ3v) is 5.18. The van der Waals surface area contributed by atoms with Gasteiger partial charge >= 0.3 is 0 Å². The number of hydrogen-bond donors (Lipinski definition) is 0. The molecule has 3 rings (SSSR count). The van der Waals surface area contributed by atoms with Gasteiger partial charge in [0.1, 0.15) is 0 Å². The molecule has 0 aliphatic rings. The van der Waals surface area contributed by atoms with Gasteiger partial charge < -0.3 is 0 Å². The van der Waals surface area contributed by atoms with E-state index in [9.17, 15) is 4.79 Å². The van der Waals surface area contributed by atoms with Gasteiger partial charge in [0.05, 0.1) is 4.88 Å². The van der Waals surface area contributed by atoms with E-state index < -0.39 is 0 Å². The van der Waals surface area contributed by atoms with Crippen LogP contribution < -0.4 is 0 Å². The minimum absolute atomic E-state index is 0.216. The first kappa shape index (κ1) is 14.3. The topological polar surface area (TPSA) is 17.1 Å². The van der Waals surface area contributed by atoms with E-state index >= 15 is 0 Å². The molecule has 0 aliphatic carbocycles. The molecule has 3 aromatic rings. The number of ketones is 1. The summed E-state index contributed by atoms with van der Waals surface area (Å²) < 4.78 is 1.12. The zero-order valence-electron chi connectivity index (χ0n) is 11.7. The van der Waals surface area contributed by atoms with Crippen molar-refractivity contribution in [1.29, 1.82) is 0 Å². The Morgan fingerprint density at radius 3 is 2.67 bits per heavy atom. The maximum Gasteiger partial charge on any atom is 0.173 e. The highest BCUT2D eigenvalue weighted by molar-refractivity contribution is 7.21. The average molecular weight is 315 g/mol. The van der Waals surface area contributed by atoms with Crippen molar-refractivity contribution in [2.45, 2.75) is 19.8 Å². The third kappa shape index (κ3) is 3.02. The highest BCUT2D eigenvalue weighted by Crippen LogP contribution is 2.33. The van der Waals surface area contributed by atoms with Crippen molar-refractivity contribution in [1.82, 2.24) is 0 Å². The lowest BCUT2D eigenvalue weighted by Gasteiger charge is -2.01. The van der Waals surface area contributed by atoms with Crippen molar-refractivity contribution in [3.63, 3.8) is 0 Å². The lowest BCUT2D eigenvalue weighted by molar-refractivity contribution is 0.0986. The molecule has 0 aliphatic heterocycles. The van der Waals surface area contributed by atoms with Crippen molar-refractivity contribution in [3.8, 4) is 0 Å². The first-order chi connectivity index (χ1) is 10.1. The highest BCUT2D eigenvalue weighted by atomic mass is 35.5. The second kappa shape index (κ2) is 6.00. The van der Waals surface area contributed by atoms with Crippen LogP contribution in [0.15, 0.2) is 48.5 Å². The van der Waals surface area contributed by atoms with Crippen LogP contribution in [-0.2, 0) is 6.42 Å². The van der Waals surface area contributed by atoms with Gasteiger partial charge in [-0.25, -0.2) is 0 Å². The maximum atomic E-state index is 12.5. The first-order valence-corrected chi connectivity index (χ1v) is 8.10. The zero-order valence-corrected chi connectivity index (χ0v) is 13.3. The summed E-state index contributed by atoms with van der Waals surface area (Å²) in [5, 5.41) is 1.81. The van der Waals surface area contributed by atoms with Crippen molar-refractivity contribution in [2.75, 3.05) is 0 Å². The summed E-state index contributed by atoms with van der Waals surface area (Å²) in [6, 6.07) is 15.9. The Morgan fingerprint density at radius 2 is 1.90 bits per heavy atom. The van der Waals surface area contributed by atoms with Gasteiger partial charge in [-0.05, 0) is 48.1 Å². The number of rotatable bonds is 4. The minimum Gasteiger partial charge on any atom is -0.293 e. The Balaban J connectivity index is 1.83. The molecule has 2 aromatic carbocycles. The molecule has 0 unspecified atom stereocenters. The van der Waals surface area contributed by atoms with E-state index in [-0.39, 0.29) is 5.78 Å². The molecule has 0 amide bonds. The van der Waals surface area contributed by atoms with Crippen LogP contribution in [0.25, 0.3) is 10.1 Å². The van der Waals surface area contributed by atoms with Crippen LogP contribution >= 0.6 is 22.9 Å². The van der Waals surface area contributed by atoms with Gasteiger partial charge in [-0.15, -0.1) is 11.3 Å². The van der Waals surface area contributed by atoms with E-state index in [1.807, 2.05) is 43.3 Å². The molecule has 0 spiro atoms. The van der Waals surface area contributed by atoms with E-state index in [1.165, 1.54) is 5.56 Å². The molecule has 0 radical (unpaired) electrons. The minimum atomic E-state index is 0.216. The number of hydrogen-bond acceptors (Lipinski definition) is 2. The van der Waals surface area contributed by atoms with Gasteiger partial charge in [0.2, 0.25) is 0 Å². The summed E-state index contributed by atoms with van der Waals surface area (Å²) >= 11 is 7.61. The van der Waals surface area contributed by atoms with Crippen LogP contribution in [0.2, 0.25) is 5.02 Å². The molecule has 1 nitrogen and oxygen atoms in total. The maximum absolute atomic E-state index is 12.5. The second-order valence-corrected chi connectivity index (χ2v) is 6.59. The summed E-state index contributed by atoms with van der Waals surface area (Å²) in [6.07, 6.45) is 1.33. The Hall–Kier alpha value is -1.64. The van der Waals surface area contributed by atoms with E-state index in [0.29, 0.717) is 11.4 Å². The van der Waals surface area contributed by atoms with Crippen molar-refractivity contribution in [3.05, 3.63) is 69.6 Å². The van der Waals surface area contributed by atoms with Crippen molar-refractivity contribution < 1.29 is 4.79 Å². The summed E-state index contributed by atoms with van der Waals surface area (Å²) in [4.78, 5) is 13.3. The molecule has 0 saturated heterocycles. The number of carbonyl (C=O) groups is 1. The number of thiophene rings is 1. The van der Waals surface area contributed by atoms with Gasteiger partial charge in [-0.2, -0.15) is 0 Å². The van der Waals surface area contributed by atoms with Gasteiger partial charge in [-0.3, -0.25) is 4.79 Å². The molecule has 0 atom stereocenters. The molecule has 21 heavy (non-hydrogen) atoms. The molecular formula is C18H15ClOS. The lowest BCUT2D eigenvalue weighted by atomic mass is 10.0. The standard InChI is InChI=1S/C18H15ClOS/c1-12-15-11-14(19)8-10-17(15)21-18(12)16(20)9-7-13-5-3-2-4-6-13/h2-6,8,10-11H,7,9H2,1H3. The fourth-order valence-corrected chi connectivity index (χ4v) is 3.80. The molecule has 0 N–H and O–H groups in total. The Morgan fingerprint density at radius 1 is 1.14 bits per heavy atom. The Labute approximate surface area is 133 Å². The van der Waals surface area contributed by atoms with Gasteiger partial charge in [0, 0.05) is 16.1 Å². The quantitative estimate of drug-likeness (QED) is 0.566. The van der Waals surface area contributed by atoms with Crippen LogP contribution in [0.3, 0.4) is 0 Å².